The molecule has 2 N–H and O–H groups in total. The fourth-order valence-corrected chi connectivity index (χ4v) is 3.45. The summed E-state index contributed by atoms with van der Waals surface area (Å²) in [7, 11) is 0. The third kappa shape index (κ3) is 2.01. The third-order valence-corrected chi connectivity index (χ3v) is 5.04. The lowest BCUT2D eigenvalue weighted by Gasteiger charge is -2.27. The van der Waals surface area contributed by atoms with Crippen molar-refractivity contribution < 1.29 is 0 Å². The van der Waals surface area contributed by atoms with Crippen molar-refractivity contribution in [3.05, 3.63) is 35.4 Å². The maximum absolute atomic E-state index is 6.14. The van der Waals surface area contributed by atoms with E-state index in [1.807, 2.05) is 0 Å². The summed E-state index contributed by atoms with van der Waals surface area (Å²) in [6.07, 6.45) is 6.67. The topological polar surface area (TPSA) is 26.0 Å². The molecule has 17 heavy (non-hydrogen) atoms. The van der Waals surface area contributed by atoms with Crippen LogP contribution in [0.1, 0.15) is 62.0 Å². The average Bonchev–Trinajstić information content (AvgIpc) is 2.58. The summed E-state index contributed by atoms with van der Waals surface area (Å²) < 4.78 is 0. The summed E-state index contributed by atoms with van der Waals surface area (Å²) in [5.74, 6) is 2.19. The third-order valence-electron chi connectivity index (χ3n) is 5.04. The minimum Gasteiger partial charge on any atom is -0.327 e. The van der Waals surface area contributed by atoms with Crippen LogP contribution in [-0.4, -0.2) is 6.04 Å². The van der Waals surface area contributed by atoms with Crippen LogP contribution in [0.3, 0.4) is 0 Å². The van der Waals surface area contributed by atoms with Gasteiger partial charge in [-0.2, -0.15) is 0 Å². The molecule has 0 spiro atoms. The van der Waals surface area contributed by atoms with Crippen molar-refractivity contribution in [2.75, 3.05) is 0 Å². The van der Waals surface area contributed by atoms with Gasteiger partial charge in [-0.05, 0) is 54.6 Å². The molecule has 2 aliphatic carbocycles. The Hall–Kier alpha value is -0.820. The molecule has 2 aliphatic rings. The molecule has 2 saturated carbocycles. The minimum absolute atomic E-state index is 0.410. The molecule has 0 aliphatic heterocycles. The molecule has 1 heteroatoms. The summed E-state index contributed by atoms with van der Waals surface area (Å²) in [5, 5.41) is 0. The Labute approximate surface area is 104 Å². The molecule has 0 aromatic heterocycles. The Morgan fingerprint density at radius 1 is 1.06 bits per heavy atom. The summed E-state index contributed by atoms with van der Waals surface area (Å²) in [6.45, 7) is 2.32. The SMILES string of the molecule is CC1C(N)CCC1c1cccc(C2CCC2)c1. The average molecular weight is 229 g/mol. The van der Waals surface area contributed by atoms with Crippen molar-refractivity contribution >= 4 is 0 Å². The van der Waals surface area contributed by atoms with E-state index in [0.29, 0.717) is 17.9 Å². The van der Waals surface area contributed by atoms with E-state index in [1.165, 1.54) is 37.7 Å². The second kappa shape index (κ2) is 4.45. The Morgan fingerprint density at radius 2 is 1.82 bits per heavy atom. The molecule has 92 valence electrons. The molecule has 0 radical (unpaired) electrons. The maximum atomic E-state index is 6.14. The number of hydrogen-bond donors (Lipinski definition) is 1. The van der Waals surface area contributed by atoms with Gasteiger partial charge in [0.15, 0.2) is 0 Å². The van der Waals surface area contributed by atoms with Crippen molar-refractivity contribution in [3.8, 4) is 0 Å². The van der Waals surface area contributed by atoms with Crippen LogP contribution in [0.5, 0.6) is 0 Å². The summed E-state index contributed by atoms with van der Waals surface area (Å²) >= 11 is 0. The van der Waals surface area contributed by atoms with Gasteiger partial charge in [0.25, 0.3) is 0 Å². The van der Waals surface area contributed by atoms with Crippen molar-refractivity contribution in [1.29, 1.82) is 0 Å². The molecule has 0 heterocycles. The van der Waals surface area contributed by atoms with Crippen molar-refractivity contribution in [2.24, 2.45) is 11.7 Å². The second-order valence-electron chi connectivity index (χ2n) is 6.00. The predicted octanol–water partition coefficient (Wildman–Crippen LogP) is 3.79. The van der Waals surface area contributed by atoms with Crippen LogP contribution in [0.15, 0.2) is 24.3 Å². The highest BCUT2D eigenvalue weighted by Gasteiger charge is 2.31. The van der Waals surface area contributed by atoms with Crippen molar-refractivity contribution in [1.82, 2.24) is 0 Å². The van der Waals surface area contributed by atoms with E-state index in [0.717, 1.165) is 5.92 Å². The number of rotatable bonds is 2. The largest absolute Gasteiger partial charge is 0.327 e. The fraction of sp³-hybridized carbons (Fsp3) is 0.625. The first-order valence-corrected chi connectivity index (χ1v) is 7.11. The number of nitrogens with two attached hydrogens (primary N) is 1. The predicted molar refractivity (Wildman–Crippen MR) is 72.1 cm³/mol. The molecule has 0 bridgehead atoms. The molecule has 3 atom stereocenters. The summed E-state index contributed by atoms with van der Waals surface area (Å²) in [6, 6.07) is 9.74. The zero-order valence-corrected chi connectivity index (χ0v) is 10.7. The smallest absolute Gasteiger partial charge is 0.00705 e. The Morgan fingerprint density at radius 3 is 2.41 bits per heavy atom. The van der Waals surface area contributed by atoms with Crippen molar-refractivity contribution in [3.63, 3.8) is 0 Å². The van der Waals surface area contributed by atoms with E-state index in [9.17, 15) is 0 Å². The van der Waals surface area contributed by atoms with Gasteiger partial charge < -0.3 is 5.73 Å². The van der Waals surface area contributed by atoms with Crippen molar-refractivity contribution in [2.45, 2.75) is 56.9 Å². The van der Waals surface area contributed by atoms with E-state index < -0.39 is 0 Å². The quantitative estimate of drug-likeness (QED) is 0.820. The van der Waals surface area contributed by atoms with E-state index in [2.05, 4.69) is 31.2 Å². The number of hydrogen-bond acceptors (Lipinski definition) is 1. The first kappa shape index (κ1) is 11.3. The minimum atomic E-state index is 0.410. The van der Waals surface area contributed by atoms with E-state index in [4.69, 9.17) is 5.73 Å². The monoisotopic (exact) mass is 229 g/mol. The Bertz CT molecular complexity index is 394. The lowest BCUT2D eigenvalue weighted by molar-refractivity contribution is 0.418. The van der Waals surface area contributed by atoms with Crippen LogP contribution in [0.25, 0.3) is 0 Å². The molecule has 1 aromatic carbocycles. The number of benzene rings is 1. The molecule has 0 saturated heterocycles. The van der Waals surface area contributed by atoms with Crippen LogP contribution >= 0.6 is 0 Å². The van der Waals surface area contributed by atoms with Crippen LogP contribution in [0.2, 0.25) is 0 Å². The molecule has 1 nitrogen and oxygen atoms in total. The van der Waals surface area contributed by atoms with Gasteiger partial charge in [-0.3, -0.25) is 0 Å². The van der Waals surface area contributed by atoms with Gasteiger partial charge in [0.2, 0.25) is 0 Å². The second-order valence-corrected chi connectivity index (χ2v) is 6.00. The molecular formula is C16H23N. The van der Waals surface area contributed by atoms with E-state index in [1.54, 1.807) is 5.56 Å². The zero-order chi connectivity index (χ0) is 11.8. The Balaban J connectivity index is 1.82. The first-order chi connectivity index (χ1) is 8.25. The zero-order valence-electron chi connectivity index (χ0n) is 10.7. The van der Waals surface area contributed by atoms with E-state index >= 15 is 0 Å². The van der Waals surface area contributed by atoms with Gasteiger partial charge in [0.1, 0.15) is 0 Å². The van der Waals surface area contributed by atoms with Gasteiger partial charge in [-0.1, -0.05) is 37.6 Å². The van der Waals surface area contributed by atoms with Gasteiger partial charge >= 0.3 is 0 Å². The van der Waals surface area contributed by atoms with Gasteiger partial charge in [0, 0.05) is 6.04 Å². The highest BCUT2D eigenvalue weighted by Crippen LogP contribution is 2.41. The van der Waals surface area contributed by atoms with Gasteiger partial charge in [-0.15, -0.1) is 0 Å². The molecular weight excluding hydrogens is 206 g/mol. The maximum Gasteiger partial charge on any atom is 0.00705 e. The molecule has 1 aromatic rings. The fourth-order valence-electron chi connectivity index (χ4n) is 3.45. The normalized spacial score (nSPS) is 33.6. The van der Waals surface area contributed by atoms with Gasteiger partial charge in [0.05, 0.1) is 0 Å². The molecule has 3 unspecified atom stereocenters. The molecule has 2 fully saturated rings. The molecule has 0 amide bonds. The van der Waals surface area contributed by atoms with Gasteiger partial charge in [-0.25, -0.2) is 0 Å². The standard InChI is InChI=1S/C16H23N/c1-11-15(8-9-16(11)17)14-7-3-6-13(10-14)12-4-2-5-12/h3,6-7,10-12,15-16H,2,4-5,8-9,17H2,1H3. The van der Waals surface area contributed by atoms with Crippen LogP contribution in [-0.2, 0) is 0 Å². The summed E-state index contributed by atoms with van der Waals surface area (Å²) in [4.78, 5) is 0. The Kier molecular flexibility index (Phi) is 2.96. The van der Waals surface area contributed by atoms with E-state index in [-0.39, 0.29) is 0 Å². The van der Waals surface area contributed by atoms with Crippen LogP contribution < -0.4 is 5.73 Å². The summed E-state index contributed by atoms with van der Waals surface area (Å²) in [5.41, 5.74) is 9.25. The lowest BCUT2D eigenvalue weighted by atomic mass is 9.78. The molecule has 3 rings (SSSR count). The lowest BCUT2D eigenvalue weighted by Crippen LogP contribution is -2.24. The highest BCUT2D eigenvalue weighted by atomic mass is 14.7. The first-order valence-electron chi connectivity index (χ1n) is 7.11. The highest BCUT2D eigenvalue weighted by molar-refractivity contribution is 5.31. The van der Waals surface area contributed by atoms with Crippen LogP contribution in [0.4, 0.5) is 0 Å². The van der Waals surface area contributed by atoms with Crippen LogP contribution in [0, 0.1) is 5.92 Å².